The minimum absolute atomic E-state index is 0.00734. The van der Waals surface area contributed by atoms with Crippen molar-refractivity contribution >= 4 is 17.7 Å². The number of amides is 1. The summed E-state index contributed by atoms with van der Waals surface area (Å²) in [6.45, 7) is 1.96. The van der Waals surface area contributed by atoms with Crippen LogP contribution in [0.15, 0.2) is 30.5 Å². The second-order valence-corrected chi connectivity index (χ2v) is 7.83. The summed E-state index contributed by atoms with van der Waals surface area (Å²) < 4.78 is 40.5. The molecule has 1 aliphatic carbocycles. The van der Waals surface area contributed by atoms with Crippen LogP contribution in [0.5, 0.6) is 5.75 Å². The first-order valence-corrected chi connectivity index (χ1v) is 10.0. The third kappa shape index (κ3) is 6.47. The number of ether oxygens (including phenoxy) is 1. The van der Waals surface area contributed by atoms with E-state index in [9.17, 15) is 18.0 Å². The molecule has 1 fully saturated rings. The first-order valence-electron chi connectivity index (χ1n) is 10.0. The van der Waals surface area contributed by atoms with E-state index in [1.165, 1.54) is 12.1 Å². The molecule has 0 spiro atoms. The Morgan fingerprint density at radius 2 is 1.71 bits per heavy atom. The Hall–Kier alpha value is -3.04. The van der Waals surface area contributed by atoms with Gasteiger partial charge in [0.05, 0.1) is 0 Å². The maximum Gasteiger partial charge on any atom is 0.573 e. The summed E-state index contributed by atoms with van der Waals surface area (Å²) in [4.78, 5) is 23.2. The Morgan fingerprint density at radius 3 is 2.29 bits per heavy atom. The summed E-state index contributed by atoms with van der Waals surface area (Å²) in [5.41, 5.74) is 1.29. The fourth-order valence-electron chi connectivity index (χ4n) is 3.60. The standard InChI is InChI=1S/C21H26F3N5O2/c1-13-12-25-20(28-18(13)29(2)3)27-16-8-6-15(7-9-16)26-19(30)14-4-10-17(11-5-14)31-21(22,23)24/h4-5,10-12,15-16H,6-9H2,1-3H3,(H,26,30)(H,25,27,28). The third-order valence-corrected chi connectivity index (χ3v) is 5.11. The molecule has 2 aromatic rings. The number of hydrogen-bond donors (Lipinski definition) is 2. The predicted molar refractivity (Wildman–Crippen MR) is 111 cm³/mol. The van der Waals surface area contributed by atoms with Crippen LogP contribution in [0.25, 0.3) is 0 Å². The molecule has 0 bridgehead atoms. The van der Waals surface area contributed by atoms with Crippen molar-refractivity contribution in [2.75, 3.05) is 24.3 Å². The number of carbonyl (C=O) groups excluding carboxylic acids is 1. The molecule has 31 heavy (non-hydrogen) atoms. The summed E-state index contributed by atoms with van der Waals surface area (Å²) in [5, 5.41) is 6.32. The molecule has 168 valence electrons. The minimum Gasteiger partial charge on any atom is -0.406 e. The van der Waals surface area contributed by atoms with E-state index in [4.69, 9.17) is 0 Å². The van der Waals surface area contributed by atoms with E-state index >= 15 is 0 Å². The molecule has 10 heteroatoms. The normalized spacial score (nSPS) is 18.9. The van der Waals surface area contributed by atoms with E-state index in [-0.39, 0.29) is 23.7 Å². The van der Waals surface area contributed by atoms with Crippen molar-refractivity contribution in [3.05, 3.63) is 41.6 Å². The van der Waals surface area contributed by atoms with E-state index in [2.05, 4.69) is 25.3 Å². The highest BCUT2D eigenvalue weighted by Crippen LogP contribution is 2.24. The zero-order valence-corrected chi connectivity index (χ0v) is 17.7. The summed E-state index contributed by atoms with van der Waals surface area (Å²) in [7, 11) is 3.87. The molecule has 0 unspecified atom stereocenters. The van der Waals surface area contributed by atoms with Crippen molar-refractivity contribution < 1.29 is 22.7 Å². The highest BCUT2D eigenvalue weighted by Gasteiger charge is 2.31. The lowest BCUT2D eigenvalue weighted by molar-refractivity contribution is -0.274. The smallest absolute Gasteiger partial charge is 0.406 e. The molecule has 3 rings (SSSR count). The highest BCUT2D eigenvalue weighted by atomic mass is 19.4. The number of benzene rings is 1. The molecule has 0 aliphatic heterocycles. The first-order chi connectivity index (χ1) is 14.6. The molecule has 1 aromatic heterocycles. The second kappa shape index (κ2) is 9.40. The Morgan fingerprint density at radius 1 is 1.10 bits per heavy atom. The predicted octanol–water partition coefficient (Wildman–Crippen LogP) is 3.90. The number of halogens is 3. The van der Waals surface area contributed by atoms with Crippen LogP contribution < -0.4 is 20.3 Å². The summed E-state index contributed by atoms with van der Waals surface area (Å²) >= 11 is 0. The Balaban J connectivity index is 1.49. The lowest BCUT2D eigenvalue weighted by Crippen LogP contribution is -2.40. The van der Waals surface area contributed by atoms with Crippen LogP contribution in [0.3, 0.4) is 0 Å². The zero-order chi connectivity index (χ0) is 22.6. The van der Waals surface area contributed by atoms with Gasteiger partial charge in [0.2, 0.25) is 5.95 Å². The molecular weight excluding hydrogens is 411 g/mol. The number of hydrogen-bond acceptors (Lipinski definition) is 6. The lowest BCUT2D eigenvalue weighted by atomic mass is 9.91. The number of nitrogens with zero attached hydrogens (tertiary/aromatic N) is 3. The fraction of sp³-hybridized carbons (Fsp3) is 0.476. The summed E-state index contributed by atoms with van der Waals surface area (Å²) in [6, 6.07) is 5.12. The van der Waals surface area contributed by atoms with Crippen molar-refractivity contribution in [1.82, 2.24) is 15.3 Å². The number of anilines is 2. The van der Waals surface area contributed by atoms with Gasteiger partial charge in [-0.2, -0.15) is 4.98 Å². The van der Waals surface area contributed by atoms with Crippen molar-refractivity contribution in [3.63, 3.8) is 0 Å². The average Bonchev–Trinajstić information content (AvgIpc) is 2.70. The van der Waals surface area contributed by atoms with Gasteiger partial charge >= 0.3 is 6.36 Å². The van der Waals surface area contributed by atoms with Gasteiger partial charge in [-0.1, -0.05) is 0 Å². The largest absolute Gasteiger partial charge is 0.573 e. The third-order valence-electron chi connectivity index (χ3n) is 5.11. The van der Waals surface area contributed by atoms with E-state index < -0.39 is 6.36 Å². The van der Waals surface area contributed by atoms with Crippen LogP contribution in [-0.4, -0.2) is 48.4 Å². The van der Waals surface area contributed by atoms with E-state index in [1.54, 1.807) is 6.20 Å². The number of nitrogens with one attached hydrogen (secondary N) is 2. The van der Waals surface area contributed by atoms with Crippen LogP contribution >= 0.6 is 0 Å². The van der Waals surface area contributed by atoms with Gasteiger partial charge in [0.25, 0.3) is 5.91 Å². The first kappa shape index (κ1) is 22.6. The Bertz CT molecular complexity index is 895. The SMILES string of the molecule is Cc1cnc(NC2CCC(NC(=O)c3ccc(OC(F)(F)F)cc3)CC2)nc1N(C)C. The van der Waals surface area contributed by atoms with Crippen LogP contribution in [0, 0.1) is 6.92 Å². The zero-order valence-electron chi connectivity index (χ0n) is 17.7. The average molecular weight is 437 g/mol. The monoisotopic (exact) mass is 437 g/mol. The highest BCUT2D eigenvalue weighted by molar-refractivity contribution is 5.94. The molecule has 0 saturated heterocycles. The molecule has 1 amide bonds. The number of aryl methyl sites for hydroxylation is 1. The van der Waals surface area contributed by atoms with Gasteiger partial charge in [-0.05, 0) is 56.9 Å². The number of aromatic nitrogens is 2. The molecule has 1 saturated carbocycles. The Kier molecular flexibility index (Phi) is 6.87. The van der Waals surface area contributed by atoms with Crippen LogP contribution in [0.2, 0.25) is 0 Å². The molecule has 0 radical (unpaired) electrons. The van der Waals surface area contributed by atoms with Gasteiger partial charge in [0.15, 0.2) is 0 Å². The summed E-state index contributed by atoms with van der Waals surface area (Å²) in [6.07, 6.45) is 0.293. The summed E-state index contributed by atoms with van der Waals surface area (Å²) in [5.74, 6) is 0.784. The van der Waals surface area contributed by atoms with Gasteiger partial charge in [-0.3, -0.25) is 4.79 Å². The van der Waals surface area contributed by atoms with Crippen LogP contribution in [-0.2, 0) is 0 Å². The molecule has 1 aromatic carbocycles. The van der Waals surface area contributed by atoms with Gasteiger partial charge in [-0.25, -0.2) is 4.98 Å². The van der Waals surface area contributed by atoms with E-state index in [0.717, 1.165) is 49.2 Å². The topological polar surface area (TPSA) is 79.4 Å². The maximum atomic E-state index is 12.4. The van der Waals surface area contributed by atoms with Gasteiger partial charge in [-0.15, -0.1) is 13.2 Å². The Labute approximate surface area is 179 Å². The van der Waals surface area contributed by atoms with E-state index in [1.807, 2.05) is 25.9 Å². The fourth-order valence-corrected chi connectivity index (χ4v) is 3.60. The van der Waals surface area contributed by atoms with Crippen LogP contribution in [0.4, 0.5) is 24.9 Å². The van der Waals surface area contributed by atoms with Crippen molar-refractivity contribution in [3.8, 4) is 5.75 Å². The van der Waals surface area contributed by atoms with Crippen molar-refractivity contribution in [2.24, 2.45) is 0 Å². The quantitative estimate of drug-likeness (QED) is 0.714. The number of rotatable bonds is 6. The van der Waals surface area contributed by atoms with E-state index in [0.29, 0.717) is 11.5 Å². The minimum atomic E-state index is -4.76. The number of alkyl halides is 3. The van der Waals surface area contributed by atoms with Crippen molar-refractivity contribution in [2.45, 2.75) is 51.1 Å². The van der Waals surface area contributed by atoms with Gasteiger partial charge in [0, 0.05) is 43.5 Å². The van der Waals surface area contributed by atoms with Crippen LogP contribution in [0.1, 0.15) is 41.6 Å². The van der Waals surface area contributed by atoms with Gasteiger partial charge < -0.3 is 20.3 Å². The molecule has 1 heterocycles. The molecule has 2 N–H and O–H groups in total. The molecular formula is C21H26F3N5O2. The molecule has 1 aliphatic rings. The molecule has 0 atom stereocenters. The number of carbonyl (C=O) groups is 1. The second-order valence-electron chi connectivity index (χ2n) is 7.83. The molecule has 7 nitrogen and oxygen atoms in total. The van der Waals surface area contributed by atoms with Crippen molar-refractivity contribution in [1.29, 1.82) is 0 Å². The van der Waals surface area contributed by atoms with Gasteiger partial charge in [0.1, 0.15) is 11.6 Å². The lowest BCUT2D eigenvalue weighted by Gasteiger charge is -2.30. The maximum absolute atomic E-state index is 12.4.